The molecule has 4 aromatic rings. The zero-order chi connectivity index (χ0) is 22.1. The predicted molar refractivity (Wildman–Crippen MR) is 122 cm³/mol. The summed E-state index contributed by atoms with van der Waals surface area (Å²) < 4.78 is 23.8. The molecule has 5 rings (SSSR count). The van der Waals surface area contributed by atoms with Gasteiger partial charge in [-0.25, -0.2) is 4.79 Å². The van der Waals surface area contributed by atoms with Gasteiger partial charge in [0.25, 0.3) is 0 Å². The molecule has 0 radical (unpaired) electrons. The van der Waals surface area contributed by atoms with E-state index in [1.54, 1.807) is 7.11 Å². The number of aromatic nitrogens is 1. The van der Waals surface area contributed by atoms with Crippen molar-refractivity contribution in [1.82, 2.24) is 4.57 Å². The number of benzene rings is 3. The van der Waals surface area contributed by atoms with E-state index < -0.39 is 0 Å². The predicted octanol–water partition coefficient (Wildman–Crippen LogP) is 5.27. The smallest absolute Gasteiger partial charge is 0.355 e. The molecule has 32 heavy (non-hydrogen) atoms. The Labute approximate surface area is 185 Å². The van der Waals surface area contributed by atoms with Crippen LogP contribution in [0.3, 0.4) is 0 Å². The molecule has 1 aliphatic rings. The fraction of sp³-hybridized carbons (Fsp3) is 0.192. The first-order chi connectivity index (χ1) is 15.7. The molecule has 0 fully saturated rings. The number of para-hydroxylation sites is 1. The maximum atomic E-state index is 13.2. The van der Waals surface area contributed by atoms with E-state index in [9.17, 15) is 4.79 Å². The highest BCUT2D eigenvalue weighted by Gasteiger charge is 2.25. The molecular formula is C26H23NO5. The van der Waals surface area contributed by atoms with Gasteiger partial charge in [0.05, 0.1) is 13.7 Å². The van der Waals surface area contributed by atoms with Gasteiger partial charge in [-0.1, -0.05) is 36.4 Å². The lowest BCUT2D eigenvalue weighted by Crippen LogP contribution is -2.14. The highest BCUT2D eigenvalue weighted by Crippen LogP contribution is 2.38. The molecule has 1 aromatic heterocycles. The summed E-state index contributed by atoms with van der Waals surface area (Å²) in [6, 6.07) is 21.6. The van der Waals surface area contributed by atoms with Crippen molar-refractivity contribution in [3.63, 3.8) is 0 Å². The summed E-state index contributed by atoms with van der Waals surface area (Å²) in [5.41, 5.74) is 4.26. The number of hydrogen-bond acceptors (Lipinski definition) is 5. The van der Waals surface area contributed by atoms with Crippen LogP contribution in [-0.4, -0.2) is 31.0 Å². The summed E-state index contributed by atoms with van der Waals surface area (Å²) in [5.74, 6) is 1.86. The van der Waals surface area contributed by atoms with Gasteiger partial charge in [0, 0.05) is 23.0 Å². The molecule has 0 saturated carbocycles. The van der Waals surface area contributed by atoms with E-state index in [0.29, 0.717) is 24.6 Å². The number of rotatable bonds is 6. The topological polar surface area (TPSA) is 58.9 Å². The molecule has 0 amide bonds. The lowest BCUT2D eigenvalue weighted by molar-refractivity contribution is 0.0516. The van der Waals surface area contributed by atoms with Crippen LogP contribution in [0.15, 0.2) is 66.7 Å². The summed E-state index contributed by atoms with van der Waals surface area (Å²) in [6.45, 7) is 2.82. The van der Waals surface area contributed by atoms with Crippen LogP contribution in [0.2, 0.25) is 0 Å². The van der Waals surface area contributed by atoms with Crippen LogP contribution in [0.25, 0.3) is 22.0 Å². The Hall–Kier alpha value is -3.93. The Kier molecular flexibility index (Phi) is 5.19. The molecule has 2 heterocycles. The fourth-order valence-corrected chi connectivity index (χ4v) is 4.15. The molecular weight excluding hydrogens is 406 g/mol. The van der Waals surface area contributed by atoms with Crippen molar-refractivity contribution in [2.24, 2.45) is 0 Å². The van der Waals surface area contributed by atoms with Gasteiger partial charge in [0.2, 0.25) is 6.79 Å². The van der Waals surface area contributed by atoms with E-state index in [4.69, 9.17) is 18.9 Å². The van der Waals surface area contributed by atoms with Crippen LogP contribution in [0, 0.1) is 0 Å². The normalized spacial score (nSPS) is 12.2. The van der Waals surface area contributed by atoms with Gasteiger partial charge < -0.3 is 23.5 Å². The second-order valence-electron chi connectivity index (χ2n) is 7.46. The zero-order valence-electron chi connectivity index (χ0n) is 18.0. The van der Waals surface area contributed by atoms with Gasteiger partial charge in [-0.05, 0) is 48.4 Å². The number of carbonyl (C=O) groups is 1. The largest absolute Gasteiger partial charge is 0.497 e. The summed E-state index contributed by atoms with van der Waals surface area (Å²) >= 11 is 0. The number of esters is 1. The van der Waals surface area contributed by atoms with Crippen LogP contribution in [0.1, 0.15) is 23.0 Å². The van der Waals surface area contributed by atoms with Crippen LogP contribution < -0.4 is 14.2 Å². The van der Waals surface area contributed by atoms with Crippen molar-refractivity contribution in [3.05, 3.63) is 78.0 Å². The number of ether oxygens (including phenoxy) is 4. The average Bonchev–Trinajstić information content (AvgIpc) is 3.42. The molecule has 6 heteroatoms. The van der Waals surface area contributed by atoms with E-state index in [-0.39, 0.29) is 12.8 Å². The molecule has 162 valence electrons. The van der Waals surface area contributed by atoms with Gasteiger partial charge in [-0.2, -0.15) is 0 Å². The molecule has 0 N–H and O–H groups in total. The highest BCUT2D eigenvalue weighted by molar-refractivity contribution is 6.08. The Bertz CT molecular complexity index is 1290. The third-order valence-corrected chi connectivity index (χ3v) is 5.60. The average molecular weight is 429 g/mol. The van der Waals surface area contributed by atoms with E-state index >= 15 is 0 Å². The quantitative estimate of drug-likeness (QED) is 0.391. The number of carbonyl (C=O) groups excluding carboxylic acids is 1. The van der Waals surface area contributed by atoms with Gasteiger partial charge >= 0.3 is 5.97 Å². The Morgan fingerprint density at radius 3 is 2.56 bits per heavy atom. The van der Waals surface area contributed by atoms with Gasteiger partial charge in [0.15, 0.2) is 11.5 Å². The highest BCUT2D eigenvalue weighted by atomic mass is 16.7. The lowest BCUT2D eigenvalue weighted by Gasteiger charge is -2.12. The maximum Gasteiger partial charge on any atom is 0.355 e. The summed E-state index contributed by atoms with van der Waals surface area (Å²) in [4.78, 5) is 13.2. The zero-order valence-corrected chi connectivity index (χ0v) is 18.0. The molecule has 0 aliphatic carbocycles. The van der Waals surface area contributed by atoms with Crippen molar-refractivity contribution in [1.29, 1.82) is 0 Å². The summed E-state index contributed by atoms with van der Waals surface area (Å²) in [6.07, 6.45) is 0. The van der Waals surface area contributed by atoms with Crippen molar-refractivity contribution in [2.75, 3.05) is 20.5 Å². The first-order valence-corrected chi connectivity index (χ1v) is 10.5. The first kappa shape index (κ1) is 20.0. The van der Waals surface area contributed by atoms with Crippen LogP contribution in [0.4, 0.5) is 0 Å². The maximum absolute atomic E-state index is 13.2. The standard InChI is InChI=1S/C26H23NO5/c1-3-30-26(28)25-24(18-9-11-19(29-2)12-10-18)20-6-4-5-7-21(20)27(25)15-17-8-13-22-23(14-17)32-16-31-22/h4-14H,3,15-16H2,1-2H3. The minimum absolute atomic E-state index is 0.223. The third kappa shape index (κ3) is 3.43. The van der Waals surface area contributed by atoms with Crippen molar-refractivity contribution in [2.45, 2.75) is 13.5 Å². The number of hydrogen-bond donors (Lipinski definition) is 0. The summed E-state index contributed by atoms with van der Waals surface area (Å²) in [7, 11) is 1.64. The Morgan fingerprint density at radius 2 is 1.78 bits per heavy atom. The van der Waals surface area contributed by atoms with Crippen molar-refractivity contribution < 1.29 is 23.7 Å². The second kappa shape index (κ2) is 8.30. The summed E-state index contributed by atoms with van der Waals surface area (Å²) in [5, 5.41) is 0.987. The van der Waals surface area contributed by atoms with Gasteiger partial charge in [-0.3, -0.25) is 0 Å². The molecule has 0 unspecified atom stereocenters. The van der Waals surface area contributed by atoms with Crippen molar-refractivity contribution >= 4 is 16.9 Å². The monoisotopic (exact) mass is 429 g/mol. The molecule has 3 aromatic carbocycles. The minimum Gasteiger partial charge on any atom is -0.497 e. The number of methoxy groups -OCH3 is 1. The lowest BCUT2D eigenvalue weighted by atomic mass is 10.0. The van der Waals surface area contributed by atoms with Crippen LogP contribution >= 0.6 is 0 Å². The molecule has 0 bridgehead atoms. The Morgan fingerprint density at radius 1 is 1.00 bits per heavy atom. The molecule has 0 spiro atoms. The molecule has 0 saturated heterocycles. The van der Waals surface area contributed by atoms with Crippen LogP contribution in [0.5, 0.6) is 17.2 Å². The molecule has 6 nitrogen and oxygen atoms in total. The number of nitrogens with zero attached hydrogens (tertiary/aromatic N) is 1. The van der Waals surface area contributed by atoms with E-state index in [2.05, 4.69) is 0 Å². The SMILES string of the molecule is CCOC(=O)c1c(-c2ccc(OC)cc2)c2ccccc2n1Cc1ccc2c(c1)OCO2. The van der Waals surface area contributed by atoms with Crippen LogP contribution in [-0.2, 0) is 11.3 Å². The fourth-order valence-electron chi connectivity index (χ4n) is 4.15. The second-order valence-corrected chi connectivity index (χ2v) is 7.46. The Balaban J connectivity index is 1.70. The minimum atomic E-state index is -0.352. The van der Waals surface area contributed by atoms with Gasteiger partial charge in [0.1, 0.15) is 11.4 Å². The van der Waals surface area contributed by atoms with Gasteiger partial charge in [-0.15, -0.1) is 0 Å². The number of fused-ring (bicyclic) bond motifs is 2. The molecule has 0 atom stereocenters. The van der Waals surface area contributed by atoms with E-state index in [0.717, 1.165) is 39.1 Å². The van der Waals surface area contributed by atoms with E-state index in [1.807, 2.05) is 78.2 Å². The molecule has 1 aliphatic heterocycles. The van der Waals surface area contributed by atoms with Crippen molar-refractivity contribution in [3.8, 4) is 28.4 Å². The first-order valence-electron chi connectivity index (χ1n) is 10.5. The third-order valence-electron chi connectivity index (χ3n) is 5.60. The van der Waals surface area contributed by atoms with E-state index in [1.165, 1.54) is 0 Å².